The number of halogens is 1. The molecule has 22 heavy (non-hydrogen) atoms. The molecule has 0 radical (unpaired) electrons. The van der Waals surface area contributed by atoms with Crippen LogP contribution in [0.1, 0.15) is 23.7 Å². The second-order valence-electron chi connectivity index (χ2n) is 4.72. The van der Waals surface area contributed by atoms with Gasteiger partial charge in [0.25, 0.3) is 0 Å². The molecule has 0 spiro atoms. The van der Waals surface area contributed by atoms with Gasteiger partial charge in [0.1, 0.15) is 22.6 Å². The first-order valence-corrected chi connectivity index (χ1v) is 7.48. The first-order chi connectivity index (χ1) is 10.7. The molecule has 0 saturated heterocycles. The Morgan fingerprint density at radius 3 is 2.86 bits per heavy atom. The number of hydrogen-bond donors (Lipinski definition) is 0. The van der Waals surface area contributed by atoms with Crippen molar-refractivity contribution in [2.75, 3.05) is 7.11 Å². The van der Waals surface area contributed by atoms with E-state index in [4.69, 9.17) is 4.74 Å². The van der Waals surface area contributed by atoms with Crippen molar-refractivity contribution in [3.63, 3.8) is 0 Å². The van der Waals surface area contributed by atoms with E-state index in [1.807, 2.05) is 6.92 Å². The zero-order valence-electron chi connectivity index (χ0n) is 12.1. The van der Waals surface area contributed by atoms with Gasteiger partial charge in [-0.1, -0.05) is 28.7 Å². The summed E-state index contributed by atoms with van der Waals surface area (Å²) in [6, 6.07) is 6.40. The fraction of sp³-hybridized carbons (Fsp3) is 0.286. The molecule has 0 saturated carbocycles. The number of nitrogens with zero attached hydrogens (tertiary/aromatic N) is 5. The number of benzene rings is 1. The van der Waals surface area contributed by atoms with Gasteiger partial charge in [0.15, 0.2) is 5.01 Å². The van der Waals surface area contributed by atoms with Gasteiger partial charge in [0.2, 0.25) is 0 Å². The fourth-order valence-corrected chi connectivity index (χ4v) is 2.89. The van der Waals surface area contributed by atoms with Crippen LogP contribution in [0, 0.1) is 5.82 Å². The van der Waals surface area contributed by atoms with Gasteiger partial charge in [-0.2, -0.15) is 0 Å². The minimum absolute atomic E-state index is 0.129. The van der Waals surface area contributed by atoms with Crippen LogP contribution in [0.5, 0.6) is 0 Å². The molecular formula is C14H14FN5OS. The SMILES string of the molecule is COCc1cn(C(C)c2nnc(-c3ccccc3F)s2)nn1. The number of ether oxygens (including phenoxy) is 1. The van der Waals surface area contributed by atoms with Gasteiger partial charge in [0, 0.05) is 12.7 Å². The van der Waals surface area contributed by atoms with Crippen LogP contribution in [0.2, 0.25) is 0 Å². The van der Waals surface area contributed by atoms with Gasteiger partial charge < -0.3 is 4.74 Å². The van der Waals surface area contributed by atoms with Gasteiger partial charge in [-0.15, -0.1) is 15.3 Å². The Labute approximate surface area is 130 Å². The lowest BCUT2D eigenvalue weighted by atomic mass is 10.2. The van der Waals surface area contributed by atoms with E-state index < -0.39 is 0 Å². The second kappa shape index (κ2) is 6.29. The van der Waals surface area contributed by atoms with E-state index in [9.17, 15) is 4.39 Å². The summed E-state index contributed by atoms with van der Waals surface area (Å²) in [7, 11) is 1.61. The van der Waals surface area contributed by atoms with Crippen molar-refractivity contribution in [2.24, 2.45) is 0 Å². The van der Waals surface area contributed by atoms with Crippen LogP contribution >= 0.6 is 11.3 Å². The molecule has 0 bridgehead atoms. The summed E-state index contributed by atoms with van der Waals surface area (Å²) in [4.78, 5) is 0. The molecule has 2 heterocycles. The Bertz CT molecular complexity index is 772. The van der Waals surface area contributed by atoms with Crippen LogP contribution in [0.25, 0.3) is 10.6 Å². The zero-order chi connectivity index (χ0) is 15.5. The summed E-state index contributed by atoms with van der Waals surface area (Å²) in [5.41, 5.74) is 1.20. The number of rotatable bonds is 5. The van der Waals surface area contributed by atoms with Crippen LogP contribution in [0.15, 0.2) is 30.5 Å². The van der Waals surface area contributed by atoms with Crippen molar-refractivity contribution in [1.29, 1.82) is 0 Å². The third-order valence-corrected chi connectivity index (χ3v) is 4.28. The lowest BCUT2D eigenvalue weighted by Gasteiger charge is -2.05. The minimum Gasteiger partial charge on any atom is -0.378 e. The molecule has 1 unspecified atom stereocenters. The lowest BCUT2D eigenvalue weighted by molar-refractivity contribution is 0.181. The van der Waals surface area contributed by atoms with Gasteiger partial charge in [-0.3, -0.25) is 0 Å². The standard InChI is InChI=1S/C14H14FN5OS/c1-9(20-7-10(8-21-2)16-19-20)13-17-18-14(22-13)11-5-3-4-6-12(11)15/h3-7,9H,8H2,1-2H3. The molecular weight excluding hydrogens is 305 g/mol. The predicted octanol–water partition coefficient (Wildman–Crippen LogP) is 2.69. The largest absolute Gasteiger partial charge is 0.378 e. The monoisotopic (exact) mass is 319 g/mol. The number of aromatic nitrogens is 5. The van der Waals surface area contributed by atoms with Crippen molar-refractivity contribution in [3.8, 4) is 10.6 Å². The third kappa shape index (κ3) is 2.88. The molecule has 0 N–H and O–H groups in total. The molecule has 0 aliphatic rings. The van der Waals surface area contributed by atoms with Crippen LogP contribution in [-0.2, 0) is 11.3 Å². The molecule has 3 aromatic rings. The van der Waals surface area contributed by atoms with Gasteiger partial charge in [-0.05, 0) is 19.1 Å². The van der Waals surface area contributed by atoms with E-state index >= 15 is 0 Å². The highest BCUT2D eigenvalue weighted by Crippen LogP contribution is 2.29. The van der Waals surface area contributed by atoms with E-state index in [2.05, 4.69) is 20.5 Å². The maximum Gasteiger partial charge on any atom is 0.150 e. The van der Waals surface area contributed by atoms with Crippen LogP contribution in [0.3, 0.4) is 0 Å². The Morgan fingerprint density at radius 2 is 2.09 bits per heavy atom. The topological polar surface area (TPSA) is 65.7 Å². The second-order valence-corrected chi connectivity index (χ2v) is 5.73. The average molecular weight is 319 g/mol. The van der Waals surface area contributed by atoms with Crippen molar-refractivity contribution in [3.05, 3.63) is 47.0 Å². The van der Waals surface area contributed by atoms with Crippen LogP contribution in [0.4, 0.5) is 4.39 Å². The van der Waals surface area contributed by atoms with Gasteiger partial charge in [-0.25, -0.2) is 9.07 Å². The molecule has 8 heteroatoms. The molecule has 2 aromatic heterocycles. The number of hydrogen-bond acceptors (Lipinski definition) is 6. The Hall–Kier alpha value is -2.19. The maximum atomic E-state index is 13.8. The predicted molar refractivity (Wildman–Crippen MR) is 79.9 cm³/mol. The average Bonchev–Trinajstić information content (AvgIpc) is 3.17. The quantitative estimate of drug-likeness (QED) is 0.723. The van der Waals surface area contributed by atoms with E-state index in [1.54, 1.807) is 36.2 Å². The molecule has 0 amide bonds. The summed E-state index contributed by atoms with van der Waals surface area (Å²) >= 11 is 1.34. The van der Waals surface area contributed by atoms with Crippen molar-refractivity contribution >= 4 is 11.3 Å². The van der Waals surface area contributed by atoms with Crippen LogP contribution in [-0.4, -0.2) is 32.3 Å². The van der Waals surface area contributed by atoms with E-state index in [0.29, 0.717) is 17.2 Å². The highest BCUT2D eigenvalue weighted by atomic mass is 32.1. The molecule has 114 valence electrons. The highest BCUT2D eigenvalue weighted by Gasteiger charge is 2.17. The summed E-state index contributed by atoms with van der Waals surface area (Å²) < 4.78 is 20.5. The van der Waals surface area contributed by atoms with E-state index in [-0.39, 0.29) is 11.9 Å². The Morgan fingerprint density at radius 1 is 1.27 bits per heavy atom. The summed E-state index contributed by atoms with van der Waals surface area (Å²) in [6.45, 7) is 2.35. The zero-order valence-corrected chi connectivity index (χ0v) is 12.9. The summed E-state index contributed by atoms with van der Waals surface area (Å²) in [5, 5.41) is 17.6. The third-order valence-electron chi connectivity index (χ3n) is 3.15. The molecule has 6 nitrogen and oxygen atoms in total. The highest BCUT2D eigenvalue weighted by molar-refractivity contribution is 7.14. The van der Waals surface area contributed by atoms with Crippen molar-refractivity contribution in [1.82, 2.24) is 25.2 Å². The molecule has 0 fully saturated rings. The molecule has 1 aromatic carbocycles. The van der Waals surface area contributed by atoms with E-state index in [1.165, 1.54) is 17.4 Å². The smallest absolute Gasteiger partial charge is 0.150 e. The summed E-state index contributed by atoms with van der Waals surface area (Å²) in [6.07, 6.45) is 1.80. The minimum atomic E-state index is -0.305. The first kappa shape index (κ1) is 14.7. The Kier molecular flexibility index (Phi) is 4.21. The number of methoxy groups -OCH3 is 1. The van der Waals surface area contributed by atoms with Crippen molar-refractivity contribution < 1.29 is 9.13 Å². The molecule has 1 atom stereocenters. The fourth-order valence-electron chi connectivity index (χ4n) is 1.98. The first-order valence-electron chi connectivity index (χ1n) is 6.67. The lowest BCUT2D eigenvalue weighted by Crippen LogP contribution is -2.07. The van der Waals surface area contributed by atoms with Crippen LogP contribution < -0.4 is 0 Å². The molecule has 0 aliphatic carbocycles. The molecule has 3 rings (SSSR count). The maximum absolute atomic E-state index is 13.8. The molecule has 0 aliphatic heterocycles. The summed E-state index contributed by atoms with van der Waals surface area (Å²) in [5.74, 6) is -0.305. The van der Waals surface area contributed by atoms with Gasteiger partial charge >= 0.3 is 0 Å². The van der Waals surface area contributed by atoms with E-state index in [0.717, 1.165) is 10.7 Å². The Balaban J connectivity index is 1.85. The normalized spacial score (nSPS) is 12.5. The van der Waals surface area contributed by atoms with Gasteiger partial charge in [0.05, 0.1) is 12.8 Å². The van der Waals surface area contributed by atoms with Crippen molar-refractivity contribution in [2.45, 2.75) is 19.6 Å².